The normalized spacial score (nSPS) is 19.1. The summed E-state index contributed by atoms with van der Waals surface area (Å²) in [5.74, 6) is -1.79. The summed E-state index contributed by atoms with van der Waals surface area (Å²) >= 11 is 1.15. The highest BCUT2D eigenvalue weighted by atomic mass is 32.2. The van der Waals surface area contributed by atoms with Crippen LogP contribution < -0.4 is 0 Å². The highest BCUT2D eigenvalue weighted by molar-refractivity contribution is 8.00. The van der Waals surface area contributed by atoms with E-state index in [0.29, 0.717) is 24.6 Å². The molecule has 1 aromatic rings. The van der Waals surface area contributed by atoms with Crippen LogP contribution in [0, 0.1) is 11.6 Å². The minimum Gasteiger partial charge on any atom is -0.394 e. The van der Waals surface area contributed by atoms with Crippen LogP contribution in [0.3, 0.4) is 0 Å². The second-order valence-electron chi connectivity index (χ2n) is 4.38. The van der Waals surface area contributed by atoms with E-state index in [0.717, 1.165) is 23.9 Å². The molecule has 0 aliphatic carbocycles. The quantitative estimate of drug-likeness (QED) is 0.851. The number of benzene rings is 1. The summed E-state index contributed by atoms with van der Waals surface area (Å²) in [4.78, 5) is 14.1. The van der Waals surface area contributed by atoms with E-state index >= 15 is 0 Å². The van der Waals surface area contributed by atoms with E-state index in [2.05, 4.69) is 0 Å². The maximum absolute atomic E-state index is 13.0. The molecule has 0 spiro atoms. The standard InChI is InChI=1S/C13H15F2NO3S/c14-11-2-1-10(5-12(11)15)20-8-13(18)16-3-4-19-9(6-16)7-17/h1-2,5,9,17H,3-4,6-8H2. The van der Waals surface area contributed by atoms with Crippen LogP contribution in [0.1, 0.15) is 0 Å². The second kappa shape index (κ2) is 7.01. The smallest absolute Gasteiger partial charge is 0.233 e. The molecule has 1 saturated heterocycles. The van der Waals surface area contributed by atoms with Gasteiger partial charge in [-0.15, -0.1) is 11.8 Å². The lowest BCUT2D eigenvalue weighted by molar-refractivity contribution is -0.137. The Morgan fingerprint density at radius 2 is 2.25 bits per heavy atom. The third kappa shape index (κ3) is 3.91. The zero-order valence-corrected chi connectivity index (χ0v) is 11.5. The van der Waals surface area contributed by atoms with Gasteiger partial charge in [-0.25, -0.2) is 8.78 Å². The van der Waals surface area contributed by atoms with Crippen molar-refractivity contribution in [2.75, 3.05) is 32.1 Å². The van der Waals surface area contributed by atoms with Gasteiger partial charge in [-0.1, -0.05) is 0 Å². The number of thioether (sulfide) groups is 1. The van der Waals surface area contributed by atoms with Crippen molar-refractivity contribution < 1.29 is 23.4 Å². The fourth-order valence-corrected chi connectivity index (χ4v) is 2.68. The Morgan fingerprint density at radius 3 is 2.95 bits per heavy atom. The first-order valence-corrected chi connectivity index (χ1v) is 7.17. The molecule has 1 aliphatic heterocycles. The van der Waals surface area contributed by atoms with Gasteiger partial charge in [-0.05, 0) is 18.2 Å². The number of carbonyl (C=O) groups excluding carboxylic acids is 1. The predicted molar refractivity (Wildman–Crippen MR) is 70.5 cm³/mol. The maximum Gasteiger partial charge on any atom is 0.233 e. The summed E-state index contributed by atoms with van der Waals surface area (Å²) < 4.78 is 31.1. The van der Waals surface area contributed by atoms with Gasteiger partial charge in [0.15, 0.2) is 11.6 Å². The van der Waals surface area contributed by atoms with Gasteiger partial charge in [-0.2, -0.15) is 0 Å². The molecule has 1 aliphatic rings. The van der Waals surface area contributed by atoms with E-state index < -0.39 is 11.6 Å². The number of hydrogen-bond acceptors (Lipinski definition) is 4. The van der Waals surface area contributed by atoms with Gasteiger partial charge >= 0.3 is 0 Å². The minimum atomic E-state index is -0.922. The van der Waals surface area contributed by atoms with Crippen LogP contribution in [0.2, 0.25) is 0 Å². The monoisotopic (exact) mass is 303 g/mol. The first kappa shape index (κ1) is 15.2. The number of rotatable bonds is 4. The predicted octanol–water partition coefficient (Wildman–Crippen LogP) is 1.28. The van der Waals surface area contributed by atoms with E-state index in [1.807, 2.05) is 0 Å². The lowest BCUT2D eigenvalue weighted by Crippen LogP contribution is -2.47. The molecule has 1 atom stereocenters. The molecule has 110 valence electrons. The van der Waals surface area contributed by atoms with Gasteiger partial charge in [0, 0.05) is 18.0 Å². The van der Waals surface area contributed by atoms with Crippen LogP contribution in [0.5, 0.6) is 0 Å². The highest BCUT2D eigenvalue weighted by Crippen LogP contribution is 2.21. The van der Waals surface area contributed by atoms with Gasteiger partial charge in [0.05, 0.1) is 25.1 Å². The molecule has 0 radical (unpaired) electrons. The van der Waals surface area contributed by atoms with Crippen molar-refractivity contribution >= 4 is 17.7 Å². The zero-order valence-electron chi connectivity index (χ0n) is 10.7. The van der Waals surface area contributed by atoms with E-state index in [1.54, 1.807) is 4.90 Å². The molecule has 4 nitrogen and oxygen atoms in total. The molecular formula is C13H15F2NO3S. The molecular weight excluding hydrogens is 288 g/mol. The number of aliphatic hydroxyl groups excluding tert-OH is 1. The topological polar surface area (TPSA) is 49.8 Å². The Morgan fingerprint density at radius 1 is 1.45 bits per heavy atom. The van der Waals surface area contributed by atoms with Crippen LogP contribution >= 0.6 is 11.8 Å². The van der Waals surface area contributed by atoms with E-state index in [1.165, 1.54) is 6.07 Å². The van der Waals surface area contributed by atoms with Gasteiger partial charge in [0.1, 0.15) is 0 Å². The van der Waals surface area contributed by atoms with Crippen molar-refractivity contribution in [2.45, 2.75) is 11.0 Å². The highest BCUT2D eigenvalue weighted by Gasteiger charge is 2.23. The fraction of sp³-hybridized carbons (Fsp3) is 0.462. The van der Waals surface area contributed by atoms with Gasteiger partial charge in [0.2, 0.25) is 5.91 Å². The summed E-state index contributed by atoms with van der Waals surface area (Å²) in [5.41, 5.74) is 0. The summed E-state index contributed by atoms with van der Waals surface area (Å²) in [6.45, 7) is 1.11. The Balaban J connectivity index is 1.86. The SMILES string of the molecule is O=C(CSc1ccc(F)c(F)c1)N1CCOC(CO)C1. The van der Waals surface area contributed by atoms with Gasteiger partial charge in [0.25, 0.3) is 0 Å². The van der Waals surface area contributed by atoms with Crippen molar-refractivity contribution in [1.82, 2.24) is 4.90 Å². The number of nitrogens with zero attached hydrogens (tertiary/aromatic N) is 1. The van der Waals surface area contributed by atoms with E-state index in [-0.39, 0.29) is 24.4 Å². The van der Waals surface area contributed by atoms with Crippen molar-refractivity contribution in [3.63, 3.8) is 0 Å². The minimum absolute atomic E-state index is 0.110. The Labute approximate surface area is 119 Å². The second-order valence-corrected chi connectivity index (χ2v) is 5.43. The van der Waals surface area contributed by atoms with Crippen LogP contribution in [0.25, 0.3) is 0 Å². The van der Waals surface area contributed by atoms with Crippen LogP contribution in [0.4, 0.5) is 8.78 Å². The van der Waals surface area contributed by atoms with Crippen LogP contribution in [-0.4, -0.2) is 54.1 Å². The molecule has 1 heterocycles. The molecule has 20 heavy (non-hydrogen) atoms. The van der Waals surface area contributed by atoms with Crippen molar-refractivity contribution in [3.8, 4) is 0 Å². The Kier molecular flexibility index (Phi) is 5.33. The molecule has 0 aromatic heterocycles. The van der Waals surface area contributed by atoms with E-state index in [9.17, 15) is 13.6 Å². The van der Waals surface area contributed by atoms with Crippen molar-refractivity contribution in [3.05, 3.63) is 29.8 Å². The molecule has 0 bridgehead atoms. The molecule has 0 saturated carbocycles. The van der Waals surface area contributed by atoms with Gasteiger partial charge < -0.3 is 14.7 Å². The number of ether oxygens (including phenoxy) is 1. The fourth-order valence-electron chi connectivity index (χ4n) is 1.86. The van der Waals surface area contributed by atoms with Crippen LogP contribution in [-0.2, 0) is 9.53 Å². The number of hydrogen-bond donors (Lipinski definition) is 1. The molecule has 1 fully saturated rings. The number of halogens is 2. The molecule has 1 unspecified atom stereocenters. The third-order valence-electron chi connectivity index (χ3n) is 2.95. The first-order chi connectivity index (χ1) is 9.60. The van der Waals surface area contributed by atoms with Crippen LogP contribution in [0.15, 0.2) is 23.1 Å². The van der Waals surface area contributed by atoms with E-state index in [4.69, 9.17) is 9.84 Å². The molecule has 1 aromatic carbocycles. The summed E-state index contributed by atoms with van der Waals surface area (Å²) in [5, 5.41) is 9.01. The number of carbonyl (C=O) groups is 1. The summed E-state index contributed by atoms with van der Waals surface area (Å²) in [6, 6.07) is 3.55. The summed E-state index contributed by atoms with van der Waals surface area (Å²) in [6.07, 6.45) is -0.346. The lowest BCUT2D eigenvalue weighted by Gasteiger charge is -2.32. The Bertz CT molecular complexity index is 487. The van der Waals surface area contributed by atoms with Gasteiger partial charge in [-0.3, -0.25) is 4.79 Å². The molecule has 1 amide bonds. The third-order valence-corrected chi connectivity index (χ3v) is 3.93. The molecule has 2 rings (SSSR count). The van der Waals surface area contributed by atoms with Crippen molar-refractivity contribution in [1.29, 1.82) is 0 Å². The lowest BCUT2D eigenvalue weighted by atomic mass is 10.3. The zero-order chi connectivity index (χ0) is 14.5. The largest absolute Gasteiger partial charge is 0.394 e. The summed E-state index contributed by atoms with van der Waals surface area (Å²) in [7, 11) is 0. The van der Waals surface area contributed by atoms with Crippen molar-refractivity contribution in [2.24, 2.45) is 0 Å². The number of morpholine rings is 1. The maximum atomic E-state index is 13.0. The number of amides is 1. The first-order valence-electron chi connectivity index (χ1n) is 6.18. The molecule has 1 N–H and O–H groups in total. The Hall–Kier alpha value is -1.18. The average molecular weight is 303 g/mol. The average Bonchev–Trinajstić information content (AvgIpc) is 2.48. The number of aliphatic hydroxyl groups is 1. The molecule has 7 heteroatoms.